The molecule has 7 nitrogen and oxygen atoms in total. The van der Waals surface area contributed by atoms with E-state index in [0.29, 0.717) is 30.1 Å². The molecule has 0 bridgehead atoms. The Kier molecular flexibility index (Phi) is 10.9. The predicted molar refractivity (Wildman–Crippen MR) is 157 cm³/mol. The normalized spacial score (nSPS) is 12.0. The lowest BCUT2D eigenvalue weighted by Crippen LogP contribution is -2.50. The summed E-state index contributed by atoms with van der Waals surface area (Å²) < 4.78 is 26.4. The number of nitrogens with one attached hydrogen (secondary N) is 1. The second-order valence-electron chi connectivity index (χ2n) is 9.53. The van der Waals surface area contributed by atoms with Crippen molar-refractivity contribution in [3.8, 4) is 0 Å². The fourth-order valence-electron chi connectivity index (χ4n) is 4.42. The predicted octanol–water partition coefficient (Wildman–Crippen LogP) is 4.97. The molecule has 0 radical (unpaired) electrons. The number of carbonyl (C=O) groups is 2. The van der Waals surface area contributed by atoms with Crippen LogP contribution in [0.5, 0.6) is 0 Å². The molecule has 0 saturated heterocycles. The van der Waals surface area contributed by atoms with Gasteiger partial charge in [-0.05, 0) is 61.2 Å². The average molecular weight is 570 g/mol. The second kappa shape index (κ2) is 14.1. The number of sulfonamides is 1. The number of rotatable bonds is 13. The number of carbonyl (C=O) groups excluding carboxylic acids is 2. The van der Waals surface area contributed by atoms with Gasteiger partial charge in [-0.2, -0.15) is 0 Å². The van der Waals surface area contributed by atoms with Crippen LogP contribution in [-0.2, 0) is 32.6 Å². The smallest absolute Gasteiger partial charge is 0.243 e. The van der Waals surface area contributed by atoms with Crippen LogP contribution in [0.1, 0.15) is 36.5 Å². The minimum absolute atomic E-state index is 0.0795. The van der Waals surface area contributed by atoms with Gasteiger partial charge in [0.25, 0.3) is 0 Å². The largest absolute Gasteiger partial charge is 0.355 e. The Bertz CT molecular complexity index is 1350. The van der Waals surface area contributed by atoms with Gasteiger partial charge in [-0.15, -0.1) is 0 Å². The molecule has 208 valence electrons. The summed E-state index contributed by atoms with van der Waals surface area (Å²) in [5.41, 5.74) is 3.28. The van der Waals surface area contributed by atoms with Crippen LogP contribution >= 0.6 is 11.6 Å². The van der Waals surface area contributed by atoms with Crippen LogP contribution in [0.25, 0.3) is 0 Å². The number of benzene rings is 3. The zero-order chi connectivity index (χ0) is 28.4. The van der Waals surface area contributed by atoms with Crippen molar-refractivity contribution in [1.82, 2.24) is 10.2 Å². The number of aryl methyl sites for hydroxylation is 1. The van der Waals surface area contributed by atoms with Crippen LogP contribution in [0.3, 0.4) is 0 Å². The van der Waals surface area contributed by atoms with Crippen LogP contribution < -0.4 is 9.62 Å². The Morgan fingerprint density at radius 2 is 1.64 bits per heavy atom. The van der Waals surface area contributed by atoms with Gasteiger partial charge < -0.3 is 10.2 Å². The molecule has 2 amide bonds. The maximum Gasteiger partial charge on any atom is 0.243 e. The molecule has 3 aromatic carbocycles. The fraction of sp³-hybridized carbons (Fsp3) is 0.333. The molecule has 1 atom stereocenters. The minimum atomic E-state index is -3.55. The van der Waals surface area contributed by atoms with Gasteiger partial charge in [0.15, 0.2) is 0 Å². The van der Waals surface area contributed by atoms with Crippen molar-refractivity contribution in [3.63, 3.8) is 0 Å². The lowest BCUT2D eigenvalue weighted by atomic mass is 10.0. The lowest BCUT2D eigenvalue weighted by molar-refractivity contribution is -0.141. The number of hydrogen-bond acceptors (Lipinski definition) is 4. The Hall–Kier alpha value is -3.36. The van der Waals surface area contributed by atoms with Gasteiger partial charge >= 0.3 is 0 Å². The number of hydrogen-bond donors (Lipinski definition) is 1. The van der Waals surface area contributed by atoms with Crippen molar-refractivity contribution in [2.45, 2.75) is 45.7 Å². The van der Waals surface area contributed by atoms with E-state index in [1.54, 1.807) is 29.2 Å². The topological polar surface area (TPSA) is 86.8 Å². The minimum Gasteiger partial charge on any atom is -0.355 e. The zero-order valence-electron chi connectivity index (χ0n) is 22.6. The SMILES string of the molecule is CCNC(=O)C(Cc1ccccc1)N(Cc1ccc(Cl)cc1)C(=O)CCCN(c1cccc(C)c1)S(C)(=O)=O. The zero-order valence-corrected chi connectivity index (χ0v) is 24.2. The highest BCUT2D eigenvalue weighted by molar-refractivity contribution is 7.92. The molecule has 1 unspecified atom stereocenters. The first-order valence-electron chi connectivity index (χ1n) is 13.0. The lowest BCUT2D eigenvalue weighted by Gasteiger charge is -2.32. The van der Waals surface area contributed by atoms with E-state index in [1.807, 2.05) is 68.4 Å². The van der Waals surface area contributed by atoms with E-state index in [-0.39, 0.29) is 31.3 Å². The molecule has 0 aliphatic rings. The summed E-state index contributed by atoms with van der Waals surface area (Å²) in [6.45, 7) is 4.54. The highest BCUT2D eigenvalue weighted by Gasteiger charge is 2.30. The van der Waals surface area contributed by atoms with Crippen LogP contribution in [0.4, 0.5) is 5.69 Å². The fourth-order valence-corrected chi connectivity index (χ4v) is 5.50. The van der Waals surface area contributed by atoms with E-state index in [0.717, 1.165) is 22.9 Å². The third-order valence-electron chi connectivity index (χ3n) is 6.33. The molecule has 39 heavy (non-hydrogen) atoms. The quantitative estimate of drug-likeness (QED) is 0.315. The van der Waals surface area contributed by atoms with Crippen molar-refractivity contribution in [2.24, 2.45) is 0 Å². The Labute approximate surface area is 236 Å². The number of amides is 2. The number of halogens is 1. The molecule has 1 N–H and O–H groups in total. The van der Waals surface area contributed by atoms with Crippen LogP contribution in [0, 0.1) is 6.92 Å². The molecule has 0 fully saturated rings. The summed E-state index contributed by atoms with van der Waals surface area (Å²) in [4.78, 5) is 28.6. The van der Waals surface area contributed by atoms with Crippen LogP contribution in [0.15, 0.2) is 78.9 Å². The summed E-state index contributed by atoms with van der Waals surface area (Å²) in [6, 6.07) is 23.3. The molecule has 3 aromatic rings. The van der Waals surface area contributed by atoms with E-state index in [9.17, 15) is 18.0 Å². The van der Waals surface area contributed by atoms with Crippen molar-refractivity contribution in [2.75, 3.05) is 23.7 Å². The van der Waals surface area contributed by atoms with Crippen molar-refractivity contribution in [3.05, 3.63) is 101 Å². The molecule has 0 heterocycles. The summed E-state index contributed by atoms with van der Waals surface area (Å²) in [5, 5.41) is 3.46. The first-order valence-corrected chi connectivity index (χ1v) is 15.2. The number of nitrogens with zero attached hydrogens (tertiary/aromatic N) is 2. The molecule has 0 aliphatic carbocycles. The van der Waals surface area contributed by atoms with E-state index in [2.05, 4.69) is 5.32 Å². The van der Waals surface area contributed by atoms with Crippen molar-refractivity contribution < 1.29 is 18.0 Å². The molecule has 3 rings (SSSR count). The molecule has 9 heteroatoms. The summed E-state index contributed by atoms with van der Waals surface area (Å²) in [7, 11) is -3.55. The Morgan fingerprint density at radius 3 is 2.26 bits per heavy atom. The second-order valence-corrected chi connectivity index (χ2v) is 11.9. The van der Waals surface area contributed by atoms with Crippen molar-refractivity contribution >= 4 is 39.1 Å². The van der Waals surface area contributed by atoms with Gasteiger partial charge in [0.2, 0.25) is 21.8 Å². The number of likely N-dealkylation sites (N-methyl/N-ethyl adjacent to an activating group) is 1. The maximum absolute atomic E-state index is 13.7. The Morgan fingerprint density at radius 1 is 0.949 bits per heavy atom. The van der Waals surface area contributed by atoms with Gasteiger partial charge in [-0.25, -0.2) is 8.42 Å². The molecular formula is C30H36ClN3O4S. The van der Waals surface area contributed by atoms with E-state index < -0.39 is 16.1 Å². The van der Waals surface area contributed by atoms with Crippen LogP contribution in [-0.4, -0.2) is 50.5 Å². The van der Waals surface area contributed by atoms with Gasteiger partial charge in [-0.1, -0.05) is 66.2 Å². The van der Waals surface area contributed by atoms with E-state index in [1.165, 1.54) is 4.31 Å². The highest BCUT2D eigenvalue weighted by atomic mass is 35.5. The first kappa shape index (κ1) is 30.2. The first-order chi connectivity index (χ1) is 18.6. The average Bonchev–Trinajstić information content (AvgIpc) is 2.89. The third kappa shape index (κ3) is 9.11. The van der Waals surface area contributed by atoms with Gasteiger partial charge in [0.05, 0.1) is 11.9 Å². The van der Waals surface area contributed by atoms with Crippen LogP contribution in [0.2, 0.25) is 5.02 Å². The molecule has 0 saturated carbocycles. The van der Waals surface area contributed by atoms with E-state index >= 15 is 0 Å². The molecular weight excluding hydrogens is 534 g/mol. The standard InChI is InChI=1S/C30H36ClN3O4S/c1-4-32-30(36)28(21-24-11-6-5-7-12-24)33(22-25-15-17-26(31)18-16-25)29(35)14-9-19-34(39(3,37)38)27-13-8-10-23(2)20-27/h5-8,10-13,15-18,20,28H,4,9,14,19,21-22H2,1-3H3,(H,32,36). The molecule has 0 aliphatic heterocycles. The summed E-state index contributed by atoms with van der Waals surface area (Å²) >= 11 is 6.07. The van der Waals surface area contributed by atoms with Crippen molar-refractivity contribution in [1.29, 1.82) is 0 Å². The monoisotopic (exact) mass is 569 g/mol. The third-order valence-corrected chi connectivity index (χ3v) is 7.78. The highest BCUT2D eigenvalue weighted by Crippen LogP contribution is 2.21. The van der Waals surface area contributed by atoms with E-state index in [4.69, 9.17) is 11.6 Å². The van der Waals surface area contributed by atoms with Gasteiger partial charge in [0, 0.05) is 37.5 Å². The molecule has 0 aromatic heterocycles. The molecule has 0 spiro atoms. The Balaban J connectivity index is 1.85. The summed E-state index contributed by atoms with van der Waals surface area (Å²) in [5.74, 6) is -0.462. The summed E-state index contributed by atoms with van der Waals surface area (Å²) in [6.07, 6.45) is 1.89. The van der Waals surface area contributed by atoms with Gasteiger partial charge in [0.1, 0.15) is 6.04 Å². The maximum atomic E-state index is 13.7. The number of anilines is 1. The van der Waals surface area contributed by atoms with Gasteiger partial charge in [-0.3, -0.25) is 13.9 Å².